The molecular formula is C15H26O2. The summed E-state index contributed by atoms with van der Waals surface area (Å²) in [4.78, 5) is 0. The van der Waals surface area contributed by atoms with Crippen LogP contribution in [0.25, 0.3) is 0 Å². The third kappa shape index (κ3) is 2.30. The smallest absolute Gasteiger partial charge is 0.0677 e. The van der Waals surface area contributed by atoms with Crippen LogP contribution in [0, 0.1) is 17.3 Å². The van der Waals surface area contributed by atoms with Crippen LogP contribution in [0.2, 0.25) is 0 Å². The molecule has 2 nitrogen and oxygen atoms in total. The van der Waals surface area contributed by atoms with Crippen LogP contribution in [0.3, 0.4) is 0 Å². The second kappa shape index (κ2) is 4.10. The normalized spacial score (nSPS) is 50.8. The van der Waals surface area contributed by atoms with Crippen molar-refractivity contribution in [3.63, 3.8) is 0 Å². The van der Waals surface area contributed by atoms with Crippen molar-refractivity contribution in [2.24, 2.45) is 17.3 Å². The zero-order valence-corrected chi connectivity index (χ0v) is 11.4. The predicted molar refractivity (Wildman–Crippen MR) is 69.6 cm³/mol. The van der Waals surface area contributed by atoms with Gasteiger partial charge in [0.15, 0.2) is 0 Å². The highest BCUT2D eigenvalue weighted by molar-refractivity contribution is 5.08. The van der Waals surface area contributed by atoms with Crippen LogP contribution in [-0.2, 0) is 0 Å². The average molecular weight is 238 g/mol. The van der Waals surface area contributed by atoms with Crippen molar-refractivity contribution in [1.82, 2.24) is 0 Å². The molecule has 5 atom stereocenters. The molecule has 0 saturated heterocycles. The van der Waals surface area contributed by atoms with Crippen LogP contribution >= 0.6 is 0 Å². The first kappa shape index (κ1) is 13.1. The summed E-state index contributed by atoms with van der Waals surface area (Å²) in [7, 11) is 0. The van der Waals surface area contributed by atoms with E-state index in [0.717, 1.165) is 25.7 Å². The summed E-state index contributed by atoms with van der Waals surface area (Å²) in [5.41, 5.74) is 0.627. The molecule has 0 spiro atoms. The molecule has 2 heteroatoms. The van der Waals surface area contributed by atoms with Gasteiger partial charge >= 0.3 is 0 Å². The number of aliphatic hydroxyl groups excluding tert-OH is 1. The van der Waals surface area contributed by atoms with E-state index in [1.54, 1.807) is 0 Å². The maximum Gasteiger partial charge on any atom is 0.0677 e. The summed E-state index contributed by atoms with van der Waals surface area (Å²) in [5, 5.41) is 20.6. The molecule has 0 aliphatic heterocycles. The lowest BCUT2D eigenvalue weighted by Crippen LogP contribution is -2.55. The molecule has 0 amide bonds. The Bertz CT molecular complexity index is 321. The summed E-state index contributed by atoms with van der Waals surface area (Å²) < 4.78 is 0. The number of allylic oxidation sites excluding steroid dienone is 1. The summed E-state index contributed by atoms with van der Waals surface area (Å²) in [6.07, 6.45) is 4.32. The second-order valence-corrected chi connectivity index (χ2v) is 6.94. The van der Waals surface area contributed by atoms with Gasteiger partial charge in [-0.3, -0.25) is 0 Å². The van der Waals surface area contributed by atoms with Gasteiger partial charge in [0.05, 0.1) is 11.7 Å². The van der Waals surface area contributed by atoms with Crippen molar-refractivity contribution < 1.29 is 10.2 Å². The van der Waals surface area contributed by atoms with Crippen LogP contribution in [0.1, 0.15) is 52.9 Å². The van der Waals surface area contributed by atoms with Gasteiger partial charge in [0.2, 0.25) is 0 Å². The van der Waals surface area contributed by atoms with Crippen molar-refractivity contribution in [3.05, 3.63) is 12.2 Å². The SMILES string of the molecule is C=C(C)[C@@H]1CC[C@@]2(C)C[C@@H](O)C[C@@](C)(O)[C@H]2C1. The summed E-state index contributed by atoms with van der Waals surface area (Å²) >= 11 is 0. The van der Waals surface area contributed by atoms with Crippen molar-refractivity contribution in [2.75, 3.05) is 0 Å². The molecule has 0 radical (unpaired) electrons. The van der Waals surface area contributed by atoms with Crippen LogP contribution in [0.5, 0.6) is 0 Å². The highest BCUT2D eigenvalue weighted by Gasteiger charge is 2.53. The zero-order chi connectivity index (χ0) is 12.8. The Hall–Kier alpha value is -0.340. The van der Waals surface area contributed by atoms with E-state index in [-0.39, 0.29) is 11.5 Å². The molecule has 0 aromatic rings. The van der Waals surface area contributed by atoms with E-state index in [9.17, 15) is 10.2 Å². The van der Waals surface area contributed by atoms with Gasteiger partial charge in [0.25, 0.3) is 0 Å². The topological polar surface area (TPSA) is 40.5 Å². The van der Waals surface area contributed by atoms with Crippen molar-refractivity contribution in [1.29, 1.82) is 0 Å². The fraction of sp³-hybridized carbons (Fsp3) is 0.867. The standard InChI is InChI=1S/C15H26O2/c1-10(2)11-5-6-14(3)8-12(16)9-15(4,17)13(14)7-11/h11-13,16-17H,1,5-9H2,2-4H3/t11-,12-,13+,14+,15-/m1/s1. The van der Waals surface area contributed by atoms with Crippen LogP contribution in [-0.4, -0.2) is 21.9 Å². The highest BCUT2D eigenvalue weighted by atomic mass is 16.3. The van der Waals surface area contributed by atoms with Gasteiger partial charge in [0.1, 0.15) is 0 Å². The Balaban J connectivity index is 2.24. The molecule has 2 aliphatic carbocycles. The molecule has 0 aromatic heterocycles. The molecule has 98 valence electrons. The summed E-state index contributed by atoms with van der Waals surface area (Å²) in [6.45, 7) is 10.3. The van der Waals surface area contributed by atoms with Gasteiger partial charge in [-0.1, -0.05) is 19.1 Å². The molecule has 17 heavy (non-hydrogen) atoms. The minimum Gasteiger partial charge on any atom is -0.393 e. The summed E-state index contributed by atoms with van der Waals surface area (Å²) in [6, 6.07) is 0. The Labute approximate surface area is 105 Å². The monoisotopic (exact) mass is 238 g/mol. The number of fused-ring (bicyclic) bond motifs is 1. The third-order valence-corrected chi connectivity index (χ3v) is 5.22. The molecule has 2 aliphatic rings. The Morgan fingerprint density at radius 1 is 1.29 bits per heavy atom. The first-order valence-electron chi connectivity index (χ1n) is 6.80. The van der Waals surface area contributed by atoms with Gasteiger partial charge < -0.3 is 10.2 Å². The molecule has 2 rings (SSSR count). The number of hydrogen-bond donors (Lipinski definition) is 2. The number of rotatable bonds is 1. The second-order valence-electron chi connectivity index (χ2n) is 6.94. The Kier molecular flexibility index (Phi) is 3.16. The van der Waals surface area contributed by atoms with Crippen LogP contribution in [0.4, 0.5) is 0 Å². The maximum absolute atomic E-state index is 10.6. The summed E-state index contributed by atoms with van der Waals surface area (Å²) in [5.74, 6) is 0.851. The largest absolute Gasteiger partial charge is 0.393 e. The average Bonchev–Trinajstić information content (AvgIpc) is 2.13. The lowest BCUT2D eigenvalue weighted by Gasteiger charge is -2.55. The van der Waals surface area contributed by atoms with Gasteiger partial charge in [-0.15, -0.1) is 0 Å². The molecule has 2 fully saturated rings. The first-order valence-corrected chi connectivity index (χ1v) is 6.80. The maximum atomic E-state index is 10.6. The van der Waals surface area contributed by atoms with E-state index in [0.29, 0.717) is 18.3 Å². The lowest BCUT2D eigenvalue weighted by molar-refractivity contribution is -0.155. The van der Waals surface area contributed by atoms with E-state index in [2.05, 4.69) is 20.4 Å². The number of aliphatic hydroxyl groups is 2. The Morgan fingerprint density at radius 2 is 1.94 bits per heavy atom. The van der Waals surface area contributed by atoms with E-state index in [4.69, 9.17) is 0 Å². The zero-order valence-electron chi connectivity index (χ0n) is 11.4. The highest BCUT2D eigenvalue weighted by Crippen LogP contribution is 2.56. The van der Waals surface area contributed by atoms with E-state index in [1.165, 1.54) is 5.57 Å². The van der Waals surface area contributed by atoms with Crippen molar-refractivity contribution in [2.45, 2.75) is 64.6 Å². The van der Waals surface area contributed by atoms with Crippen molar-refractivity contribution in [3.8, 4) is 0 Å². The van der Waals surface area contributed by atoms with E-state index >= 15 is 0 Å². The Morgan fingerprint density at radius 3 is 2.53 bits per heavy atom. The molecule has 0 bridgehead atoms. The molecule has 0 unspecified atom stereocenters. The third-order valence-electron chi connectivity index (χ3n) is 5.22. The van der Waals surface area contributed by atoms with E-state index in [1.807, 2.05) is 6.92 Å². The minimum absolute atomic E-state index is 0.104. The molecule has 0 aromatic carbocycles. The fourth-order valence-electron chi connectivity index (χ4n) is 4.29. The van der Waals surface area contributed by atoms with Gasteiger partial charge in [-0.05, 0) is 56.8 Å². The first-order chi connectivity index (χ1) is 7.74. The van der Waals surface area contributed by atoms with Gasteiger partial charge in [-0.2, -0.15) is 0 Å². The molecular weight excluding hydrogens is 212 g/mol. The molecule has 0 heterocycles. The lowest BCUT2D eigenvalue weighted by atomic mass is 9.52. The molecule has 2 N–H and O–H groups in total. The number of hydrogen-bond acceptors (Lipinski definition) is 2. The van der Waals surface area contributed by atoms with Crippen molar-refractivity contribution >= 4 is 0 Å². The minimum atomic E-state index is -0.722. The predicted octanol–water partition coefficient (Wildman–Crippen LogP) is 2.89. The van der Waals surface area contributed by atoms with Crippen LogP contribution in [0.15, 0.2) is 12.2 Å². The van der Waals surface area contributed by atoms with Crippen LogP contribution < -0.4 is 0 Å². The molecule has 2 saturated carbocycles. The quantitative estimate of drug-likeness (QED) is 0.690. The van der Waals surface area contributed by atoms with Gasteiger partial charge in [-0.25, -0.2) is 0 Å². The van der Waals surface area contributed by atoms with Gasteiger partial charge in [0, 0.05) is 6.42 Å². The fourth-order valence-corrected chi connectivity index (χ4v) is 4.29. The van der Waals surface area contributed by atoms with E-state index < -0.39 is 5.60 Å².